The van der Waals surface area contributed by atoms with Gasteiger partial charge in [-0.2, -0.15) is 5.10 Å². The van der Waals surface area contributed by atoms with E-state index in [0.29, 0.717) is 19.0 Å². The number of benzene rings is 1. The lowest BCUT2D eigenvalue weighted by Crippen LogP contribution is -2.39. The van der Waals surface area contributed by atoms with Gasteiger partial charge >= 0.3 is 0 Å². The molecule has 1 aromatic carbocycles. The van der Waals surface area contributed by atoms with Crippen LogP contribution in [0.15, 0.2) is 47.6 Å². The molecule has 2 heterocycles. The van der Waals surface area contributed by atoms with E-state index < -0.39 is 0 Å². The summed E-state index contributed by atoms with van der Waals surface area (Å²) in [5.74, 6) is 2.45. The van der Waals surface area contributed by atoms with Gasteiger partial charge in [-0.15, -0.1) is 10.2 Å². The number of guanidine groups is 1. The molecule has 0 saturated carbocycles. The van der Waals surface area contributed by atoms with Gasteiger partial charge < -0.3 is 15.2 Å². The summed E-state index contributed by atoms with van der Waals surface area (Å²) in [4.78, 5) is 4.72. The van der Waals surface area contributed by atoms with Crippen molar-refractivity contribution in [1.82, 2.24) is 35.2 Å². The van der Waals surface area contributed by atoms with Crippen LogP contribution in [0.25, 0.3) is 0 Å². The maximum Gasteiger partial charge on any atom is 0.192 e. The Labute approximate surface area is 159 Å². The van der Waals surface area contributed by atoms with Crippen LogP contribution in [0.2, 0.25) is 0 Å². The average Bonchev–Trinajstić information content (AvgIpc) is 3.24. The molecule has 142 valence electrons. The molecule has 1 unspecified atom stereocenters. The second kappa shape index (κ2) is 8.48. The minimum Gasteiger partial charge on any atom is -0.350 e. The van der Waals surface area contributed by atoms with E-state index in [1.807, 2.05) is 54.5 Å². The smallest absolute Gasteiger partial charge is 0.192 e. The monoisotopic (exact) mass is 366 g/mol. The molecule has 3 aromatic rings. The highest BCUT2D eigenvalue weighted by Gasteiger charge is 2.10. The molecule has 3 rings (SSSR count). The first-order chi connectivity index (χ1) is 13.0. The third-order valence-electron chi connectivity index (χ3n) is 4.57. The summed E-state index contributed by atoms with van der Waals surface area (Å²) >= 11 is 0. The number of aryl methyl sites for hydroxylation is 2. The number of hydrogen-bond donors (Lipinski definition) is 2. The highest BCUT2D eigenvalue weighted by Crippen LogP contribution is 2.11. The van der Waals surface area contributed by atoms with Crippen LogP contribution in [0.3, 0.4) is 0 Å². The molecular weight excluding hydrogens is 340 g/mol. The fourth-order valence-corrected chi connectivity index (χ4v) is 2.67. The van der Waals surface area contributed by atoms with Gasteiger partial charge in [0.15, 0.2) is 11.8 Å². The maximum atomic E-state index is 4.72. The third kappa shape index (κ3) is 4.72. The van der Waals surface area contributed by atoms with Crippen molar-refractivity contribution in [3.05, 3.63) is 65.5 Å². The zero-order valence-corrected chi connectivity index (χ0v) is 16.2. The normalized spacial score (nSPS) is 12.8. The Kier molecular flexibility index (Phi) is 5.85. The first-order valence-corrected chi connectivity index (χ1v) is 8.96. The van der Waals surface area contributed by atoms with Gasteiger partial charge in [-0.3, -0.25) is 4.68 Å². The molecule has 0 spiro atoms. The second-order valence-corrected chi connectivity index (χ2v) is 6.46. The van der Waals surface area contributed by atoms with Crippen molar-refractivity contribution in [2.75, 3.05) is 0 Å². The van der Waals surface area contributed by atoms with Crippen molar-refractivity contribution in [3.63, 3.8) is 0 Å². The maximum absolute atomic E-state index is 4.72. The van der Waals surface area contributed by atoms with E-state index in [-0.39, 0.29) is 6.04 Å². The van der Waals surface area contributed by atoms with Gasteiger partial charge in [0.2, 0.25) is 0 Å². The van der Waals surface area contributed by atoms with Crippen LogP contribution in [0, 0.1) is 6.92 Å². The summed E-state index contributed by atoms with van der Waals surface area (Å²) in [5.41, 5.74) is 2.24. The number of aliphatic imine (C=N–C) groups is 1. The van der Waals surface area contributed by atoms with Crippen LogP contribution in [0.4, 0.5) is 0 Å². The van der Waals surface area contributed by atoms with Crippen molar-refractivity contribution < 1.29 is 0 Å². The zero-order valence-electron chi connectivity index (χ0n) is 16.2. The van der Waals surface area contributed by atoms with E-state index in [1.54, 1.807) is 6.20 Å². The van der Waals surface area contributed by atoms with Crippen LogP contribution in [-0.4, -0.2) is 30.5 Å². The van der Waals surface area contributed by atoms with Crippen molar-refractivity contribution in [2.45, 2.75) is 33.0 Å². The molecule has 1 atom stereocenters. The lowest BCUT2D eigenvalue weighted by atomic mass is 10.1. The highest BCUT2D eigenvalue weighted by molar-refractivity contribution is 5.80. The van der Waals surface area contributed by atoms with Crippen LogP contribution in [-0.2, 0) is 27.2 Å². The van der Waals surface area contributed by atoms with E-state index >= 15 is 0 Å². The molecule has 2 N–H and O–H groups in total. The quantitative estimate of drug-likeness (QED) is 0.514. The van der Waals surface area contributed by atoms with E-state index in [9.17, 15) is 0 Å². The number of nitrogens with zero attached hydrogens (tertiary/aromatic N) is 6. The van der Waals surface area contributed by atoms with E-state index in [2.05, 4.69) is 45.0 Å². The van der Waals surface area contributed by atoms with Crippen molar-refractivity contribution in [2.24, 2.45) is 19.1 Å². The Balaban J connectivity index is 1.73. The van der Waals surface area contributed by atoms with Gasteiger partial charge in [0.1, 0.15) is 5.82 Å². The Hall–Kier alpha value is -3.16. The average molecular weight is 366 g/mol. The first-order valence-electron chi connectivity index (χ1n) is 8.96. The van der Waals surface area contributed by atoms with E-state index in [1.165, 1.54) is 5.56 Å². The lowest BCUT2D eigenvalue weighted by molar-refractivity contribution is 0.658. The van der Waals surface area contributed by atoms with Crippen molar-refractivity contribution in [3.8, 4) is 0 Å². The molecule has 0 amide bonds. The van der Waals surface area contributed by atoms with E-state index in [0.717, 1.165) is 17.3 Å². The summed E-state index contributed by atoms with van der Waals surface area (Å²) in [6, 6.07) is 12.4. The largest absolute Gasteiger partial charge is 0.350 e. The van der Waals surface area contributed by atoms with Gasteiger partial charge in [-0.1, -0.05) is 30.3 Å². The summed E-state index contributed by atoms with van der Waals surface area (Å²) in [7, 11) is 3.87. The van der Waals surface area contributed by atoms with Crippen LogP contribution < -0.4 is 10.6 Å². The zero-order chi connectivity index (χ0) is 19.2. The summed E-state index contributed by atoms with van der Waals surface area (Å²) in [6.45, 7) is 5.12. The summed E-state index contributed by atoms with van der Waals surface area (Å²) in [6.07, 6.45) is 1.78. The van der Waals surface area contributed by atoms with Crippen molar-refractivity contribution >= 4 is 5.96 Å². The topological polar surface area (TPSA) is 85.0 Å². The van der Waals surface area contributed by atoms with Crippen LogP contribution in [0.1, 0.15) is 35.9 Å². The molecule has 8 heteroatoms. The van der Waals surface area contributed by atoms with Gasteiger partial charge in [0.25, 0.3) is 0 Å². The molecular formula is C19H26N8. The van der Waals surface area contributed by atoms with Crippen LogP contribution >= 0.6 is 0 Å². The minimum absolute atomic E-state index is 0.116. The van der Waals surface area contributed by atoms with Gasteiger partial charge in [-0.25, -0.2) is 4.99 Å². The fourth-order valence-electron chi connectivity index (χ4n) is 2.67. The molecule has 2 aromatic heterocycles. The third-order valence-corrected chi connectivity index (χ3v) is 4.57. The molecule has 0 aliphatic heterocycles. The minimum atomic E-state index is 0.116. The van der Waals surface area contributed by atoms with Gasteiger partial charge in [0.05, 0.1) is 24.8 Å². The molecule has 0 aliphatic rings. The fraction of sp³-hybridized carbons (Fsp3) is 0.368. The Bertz CT molecular complexity index is 894. The summed E-state index contributed by atoms with van der Waals surface area (Å²) in [5, 5.41) is 19.3. The number of aromatic nitrogens is 5. The van der Waals surface area contributed by atoms with Crippen LogP contribution in [0.5, 0.6) is 0 Å². The Morgan fingerprint density at radius 2 is 1.93 bits per heavy atom. The SMILES string of the molecule is Cc1nnc(CNC(=NCc2ccnn2C)NC(C)c2ccccc2)n1C. The molecule has 0 saturated heterocycles. The number of hydrogen-bond acceptors (Lipinski definition) is 4. The molecule has 0 fully saturated rings. The number of rotatable bonds is 6. The first kappa shape index (κ1) is 18.6. The van der Waals surface area contributed by atoms with Crippen molar-refractivity contribution in [1.29, 1.82) is 0 Å². The highest BCUT2D eigenvalue weighted by atomic mass is 15.3. The van der Waals surface area contributed by atoms with Gasteiger partial charge in [0, 0.05) is 20.3 Å². The molecule has 8 nitrogen and oxygen atoms in total. The predicted octanol–water partition coefficient (Wildman–Crippen LogP) is 1.85. The van der Waals surface area contributed by atoms with Gasteiger partial charge in [-0.05, 0) is 25.5 Å². The molecule has 0 aliphatic carbocycles. The Morgan fingerprint density at radius 1 is 1.15 bits per heavy atom. The predicted molar refractivity (Wildman–Crippen MR) is 105 cm³/mol. The second-order valence-electron chi connectivity index (χ2n) is 6.46. The number of nitrogens with one attached hydrogen (secondary N) is 2. The molecule has 0 bridgehead atoms. The molecule has 0 radical (unpaired) electrons. The molecule has 27 heavy (non-hydrogen) atoms. The summed E-state index contributed by atoms with van der Waals surface area (Å²) < 4.78 is 3.79. The van der Waals surface area contributed by atoms with E-state index in [4.69, 9.17) is 4.99 Å². The Morgan fingerprint density at radius 3 is 2.56 bits per heavy atom. The standard InChI is InChI=1S/C19H26N8/c1-14(16-8-6-5-7-9-16)23-19(20-12-17-10-11-22-27(17)4)21-13-18-25-24-15(2)26(18)3/h5-11,14H,12-13H2,1-4H3,(H2,20,21,23). The lowest BCUT2D eigenvalue weighted by Gasteiger charge is -2.18.